The van der Waals surface area contributed by atoms with E-state index < -0.39 is 10.0 Å². The highest BCUT2D eigenvalue weighted by Crippen LogP contribution is 2.38. The van der Waals surface area contributed by atoms with Gasteiger partial charge in [0.25, 0.3) is 0 Å². The molecule has 1 aromatic carbocycles. The summed E-state index contributed by atoms with van der Waals surface area (Å²) in [7, 11) is -3.47. The fraction of sp³-hybridized carbons (Fsp3) is 0.438. The quantitative estimate of drug-likeness (QED) is 0.846. The largest absolute Gasteiger partial charge is 0.246 e. The van der Waals surface area contributed by atoms with Gasteiger partial charge in [0.2, 0.25) is 10.0 Å². The van der Waals surface area contributed by atoms with Crippen LogP contribution in [0.2, 0.25) is 0 Å². The number of fused-ring (bicyclic) bond motifs is 1. The standard InChI is InChI=1S/C16H20N2O2S2/c1-11-5-7-13(8-6-11)22(19,20)18-9-14-15(16(3,4)10-18)17-12(2)21-14/h5-8H,9-10H2,1-4H3. The van der Waals surface area contributed by atoms with Crippen molar-refractivity contribution < 1.29 is 8.42 Å². The van der Waals surface area contributed by atoms with Crippen LogP contribution in [-0.2, 0) is 22.0 Å². The van der Waals surface area contributed by atoms with Gasteiger partial charge in [-0.15, -0.1) is 11.3 Å². The SMILES string of the molecule is Cc1ccc(S(=O)(=O)N2Cc3sc(C)nc3C(C)(C)C2)cc1. The normalized spacial score (nSPS) is 18.2. The Bertz CT molecular complexity index is 805. The maximum atomic E-state index is 12.9. The van der Waals surface area contributed by atoms with Crippen LogP contribution in [0.3, 0.4) is 0 Å². The molecule has 0 N–H and O–H groups in total. The Labute approximate surface area is 135 Å². The number of thiazole rings is 1. The van der Waals surface area contributed by atoms with Crippen LogP contribution in [0.25, 0.3) is 0 Å². The van der Waals surface area contributed by atoms with E-state index in [4.69, 9.17) is 0 Å². The van der Waals surface area contributed by atoms with Crippen LogP contribution >= 0.6 is 11.3 Å². The molecule has 0 saturated carbocycles. The monoisotopic (exact) mass is 336 g/mol. The fourth-order valence-electron chi connectivity index (χ4n) is 2.87. The molecule has 22 heavy (non-hydrogen) atoms. The van der Waals surface area contributed by atoms with Gasteiger partial charge in [0.05, 0.1) is 22.1 Å². The smallest absolute Gasteiger partial charge is 0.243 e. The molecule has 0 aliphatic carbocycles. The summed E-state index contributed by atoms with van der Waals surface area (Å²) >= 11 is 1.59. The van der Waals surface area contributed by atoms with E-state index in [1.165, 1.54) is 0 Å². The minimum atomic E-state index is -3.47. The molecule has 2 heterocycles. The Kier molecular flexibility index (Phi) is 3.66. The Morgan fingerprint density at radius 1 is 1.18 bits per heavy atom. The maximum absolute atomic E-state index is 12.9. The number of rotatable bonds is 2. The average Bonchev–Trinajstić information content (AvgIpc) is 2.80. The van der Waals surface area contributed by atoms with Crippen LogP contribution in [-0.4, -0.2) is 24.3 Å². The summed E-state index contributed by atoms with van der Waals surface area (Å²) in [4.78, 5) is 6.02. The molecule has 4 nitrogen and oxygen atoms in total. The first-order valence-electron chi connectivity index (χ1n) is 7.24. The summed E-state index contributed by atoms with van der Waals surface area (Å²) in [5.41, 5.74) is 1.83. The third kappa shape index (κ3) is 2.59. The van der Waals surface area contributed by atoms with Crippen LogP contribution in [0.15, 0.2) is 29.2 Å². The van der Waals surface area contributed by atoms with Gasteiger partial charge in [0, 0.05) is 16.8 Å². The lowest BCUT2D eigenvalue weighted by atomic mass is 9.86. The number of hydrogen-bond acceptors (Lipinski definition) is 4. The number of aromatic nitrogens is 1. The third-order valence-electron chi connectivity index (χ3n) is 4.00. The second kappa shape index (κ2) is 5.15. The second-order valence-corrected chi connectivity index (χ2v) is 9.70. The van der Waals surface area contributed by atoms with E-state index in [1.54, 1.807) is 27.8 Å². The van der Waals surface area contributed by atoms with Crippen molar-refractivity contribution in [1.29, 1.82) is 0 Å². The van der Waals surface area contributed by atoms with Gasteiger partial charge in [0.15, 0.2) is 0 Å². The third-order valence-corrected chi connectivity index (χ3v) is 6.76. The number of nitrogens with zero attached hydrogens (tertiary/aromatic N) is 2. The highest BCUT2D eigenvalue weighted by molar-refractivity contribution is 7.89. The van der Waals surface area contributed by atoms with E-state index in [2.05, 4.69) is 18.8 Å². The van der Waals surface area contributed by atoms with Crippen molar-refractivity contribution in [3.05, 3.63) is 45.4 Å². The summed E-state index contributed by atoms with van der Waals surface area (Å²) < 4.78 is 27.4. The molecule has 0 bridgehead atoms. The summed E-state index contributed by atoms with van der Waals surface area (Å²) in [6.07, 6.45) is 0. The molecule has 2 aromatic rings. The minimum Gasteiger partial charge on any atom is -0.246 e. The van der Waals surface area contributed by atoms with E-state index >= 15 is 0 Å². The zero-order valence-electron chi connectivity index (χ0n) is 13.3. The van der Waals surface area contributed by atoms with Crippen molar-refractivity contribution in [2.45, 2.75) is 44.6 Å². The van der Waals surface area contributed by atoms with Gasteiger partial charge in [-0.25, -0.2) is 13.4 Å². The van der Waals surface area contributed by atoms with Crippen molar-refractivity contribution in [3.8, 4) is 0 Å². The number of hydrogen-bond donors (Lipinski definition) is 0. The van der Waals surface area contributed by atoms with Crippen LogP contribution in [0.4, 0.5) is 0 Å². The lowest BCUT2D eigenvalue weighted by Gasteiger charge is -2.36. The fourth-order valence-corrected chi connectivity index (χ4v) is 5.65. The molecule has 0 fully saturated rings. The van der Waals surface area contributed by atoms with Crippen LogP contribution in [0.5, 0.6) is 0 Å². The van der Waals surface area contributed by atoms with Gasteiger partial charge in [-0.2, -0.15) is 4.31 Å². The molecule has 0 radical (unpaired) electrons. The molecule has 0 amide bonds. The zero-order chi connectivity index (χ0) is 16.1. The first-order chi connectivity index (χ1) is 10.2. The predicted octanol–water partition coefficient (Wildman–Crippen LogP) is 3.24. The van der Waals surface area contributed by atoms with Gasteiger partial charge in [0.1, 0.15) is 0 Å². The van der Waals surface area contributed by atoms with Crippen LogP contribution in [0, 0.1) is 13.8 Å². The zero-order valence-corrected chi connectivity index (χ0v) is 14.9. The van der Waals surface area contributed by atoms with E-state index in [1.807, 2.05) is 26.0 Å². The highest BCUT2D eigenvalue weighted by Gasteiger charge is 2.39. The van der Waals surface area contributed by atoms with Crippen LogP contribution < -0.4 is 0 Å². The molecule has 0 unspecified atom stereocenters. The molecule has 1 aliphatic rings. The number of aryl methyl sites for hydroxylation is 2. The summed E-state index contributed by atoms with van der Waals surface area (Å²) in [6.45, 7) is 8.91. The van der Waals surface area contributed by atoms with Gasteiger partial charge >= 0.3 is 0 Å². The highest BCUT2D eigenvalue weighted by atomic mass is 32.2. The van der Waals surface area contributed by atoms with Crippen molar-refractivity contribution in [1.82, 2.24) is 9.29 Å². The van der Waals surface area contributed by atoms with Gasteiger partial charge < -0.3 is 0 Å². The Balaban J connectivity index is 2.01. The molecule has 6 heteroatoms. The summed E-state index contributed by atoms with van der Waals surface area (Å²) in [5.74, 6) is 0. The predicted molar refractivity (Wildman–Crippen MR) is 88.7 cm³/mol. The topological polar surface area (TPSA) is 50.3 Å². The Morgan fingerprint density at radius 3 is 2.45 bits per heavy atom. The van der Waals surface area contributed by atoms with Gasteiger partial charge in [-0.1, -0.05) is 31.5 Å². The Hall–Kier alpha value is -1.24. The molecule has 118 valence electrons. The number of sulfonamides is 1. The van der Waals surface area contributed by atoms with Crippen molar-refractivity contribution in [2.24, 2.45) is 0 Å². The van der Waals surface area contributed by atoms with Crippen molar-refractivity contribution in [3.63, 3.8) is 0 Å². The molecular weight excluding hydrogens is 316 g/mol. The van der Waals surface area contributed by atoms with Crippen molar-refractivity contribution in [2.75, 3.05) is 6.54 Å². The average molecular weight is 336 g/mol. The van der Waals surface area contributed by atoms with Crippen LogP contribution in [0.1, 0.15) is 35.0 Å². The summed E-state index contributed by atoms with van der Waals surface area (Å²) in [6, 6.07) is 7.05. The molecular formula is C16H20N2O2S2. The Morgan fingerprint density at radius 2 is 1.82 bits per heavy atom. The first-order valence-corrected chi connectivity index (χ1v) is 9.49. The van der Waals surface area contributed by atoms with E-state index in [-0.39, 0.29) is 5.41 Å². The lowest BCUT2D eigenvalue weighted by molar-refractivity contribution is 0.298. The second-order valence-electron chi connectivity index (χ2n) is 6.47. The molecule has 1 aliphatic heterocycles. The lowest BCUT2D eigenvalue weighted by Crippen LogP contribution is -2.44. The van der Waals surface area contributed by atoms with Gasteiger partial charge in [-0.05, 0) is 26.0 Å². The molecule has 3 rings (SSSR count). The molecule has 0 saturated heterocycles. The van der Waals surface area contributed by atoms with Gasteiger partial charge in [-0.3, -0.25) is 0 Å². The minimum absolute atomic E-state index is 0.268. The molecule has 1 aromatic heterocycles. The number of benzene rings is 1. The van der Waals surface area contributed by atoms with E-state index in [0.717, 1.165) is 21.1 Å². The summed E-state index contributed by atoms with van der Waals surface area (Å²) in [5, 5.41) is 0.993. The van der Waals surface area contributed by atoms with E-state index in [9.17, 15) is 8.42 Å². The van der Waals surface area contributed by atoms with Crippen molar-refractivity contribution >= 4 is 21.4 Å². The maximum Gasteiger partial charge on any atom is 0.243 e. The molecule has 0 spiro atoms. The van der Waals surface area contributed by atoms with E-state index in [0.29, 0.717) is 18.0 Å². The first kappa shape index (κ1) is 15.6. The molecule has 0 atom stereocenters.